The summed E-state index contributed by atoms with van der Waals surface area (Å²) in [5.74, 6) is 1.36. The summed E-state index contributed by atoms with van der Waals surface area (Å²) in [5.41, 5.74) is 20.8. The Morgan fingerprint density at radius 2 is 1.05 bits per heavy atom. The second kappa shape index (κ2) is 15.1. The zero-order chi connectivity index (χ0) is 41.0. The molecule has 3 aliphatic carbocycles. The molecule has 1 unspecified atom stereocenters. The minimum Gasteiger partial charge on any atom is -0.228 e. The summed E-state index contributed by atoms with van der Waals surface area (Å²) in [5, 5.41) is 2.63. The quantitative estimate of drug-likeness (QED) is 0.161. The van der Waals surface area contributed by atoms with Crippen molar-refractivity contribution in [3.63, 3.8) is 0 Å². The molecule has 0 saturated carbocycles. The Morgan fingerprint density at radius 1 is 0.435 bits per heavy atom. The highest BCUT2D eigenvalue weighted by atomic mass is 14.9. The predicted octanol–water partition coefficient (Wildman–Crippen LogP) is 15.1. The van der Waals surface area contributed by atoms with Crippen LogP contribution in [0, 0.1) is 0 Å². The lowest BCUT2D eigenvalue weighted by atomic mass is 9.81. The smallest absolute Gasteiger partial charge is 0.160 e. The van der Waals surface area contributed by atoms with Gasteiger partial charge in [0.2, 0.25) is 0 Å². The molecule has 1 atom stereocenters. The van der Waals surface area contributed by atoms with Gasteiger partial charge in [0.05, 0.1) is 11.4 Å². The highest BCUT2D eigenvalue weighted by Crippen LogP contribution is 2.48. The van der Waals surface area contributed by atoms with Crippen molar-refractivity contribution in [3.05, 3.63) is 246 Å². The summed E-state index contributed by atoms with van der Waals surface area (Å²) in [6, 6.07) is 66.4. The van der Waals surface area contributed by atoms with Gasteiger partial charge in [-0.25, -0.2) is 9.97 Å². The first-order valence-electron chi connectivity index (χ1n) is 21.7. The van der Waals surface area contributed by atoms with Gasteiger partial charge in [-0.1, -0.05) is 206 Å². The monoisotopic (exact) mass is 790 g/mol. The fraction of sp³-hybridized carbons (Fsp3) is 0.0667. The Bertz CT molecular complexity index is 3250. The van der Waals surface area contributed by atoms with Gasteiger partial charge in [-0.05, 0) is 103 Å². The van der Waals surface area contributed by atoms with Gasteiger partial charge in [-0.2, -0.15) is 0 Å². The van der Waals surface area contributed by atoms with E-state index >= 15 is 0 Å². The lowest BCUT2D eigenvalue weighted by Gasteiger charge is -2.23. The maximum absolute atomic E-state index is 5.24. The highest BCUT2D eigenvalue weighted by molar-refractivity contribution is 6.05. The van der Waals surface area contributed by atoms with Gasteiger partial charge in [0.25, 0.3) is 0 Å². The molecule has 0 aliphatic heterocycles. The first-order valence-corrected chi connectivity index (χ1v) is 21.7. The predicted molar refractivity (Wildman–Crippen MR) is 258 cm³/mol. The molecule has 0 bridgehead atoms. The van der Waals surface area contributed by atoms with Crippen molar-refractivity contribution in [1.29, 1.82) is 0 Å². The molecule has 62 heavy (non-hydrogen) atoms. The lowest BCUT2D eigenvalue weighted by Crippen LogP contribution is -2.07. The Kier molecular flexibility index (Phi) is 8.81. The van der Waals surface area contributed by atoms with Crippen LogP contribution in [0.2, 0.25) is 0 Å². The standard InChI is InChI=1S/C60H42N2/c1-2-11-39(12-3-1)42-21-28-45(29-22-42)57-38-58(62-60(61-57)47-32-23-43(24-33-47)40-13-4-5-14-40)46-30-26-44(27-31-46)54-37-56-55(53-19-9-8-18-52(53)54)36-50-17-10-20-51(59(50)56)49-34-25-41-15-6-7-16-48(41)35-49/h1-34,37-38,40,49H,35-36H2. The summed E-state index contributed by atoms with van der Waals surface area (Å²) < 4.78 is 0. The van der Waals surface area contributed by atoms with Crippen molar-refractivity contribution in [2.45, 2.75) is 24.7 Å². The minimum atomic E-state index is 0.306. The molecule has 0 amide bonds. The van der Waals surface area contributed by atoms with E-state index in [1.54, 1.807) is 0 Å². The van der Waals surface area contributed by atoms with Crippen molar-refractivity contribution in [3.8, 4) is 67.3 Å². The molecule has 12 rings (SSSR count). The van der Waals surface area contributed by atoms with Crippen LogP contribution in [0.15, 0.2) is 212 Å². The molecule has 2 nitrogen and oxygen atoms in total. The average Bonchev–Trinajstić information content (AvgIpc) is 4.03. The second-order valence-corrected chi connectivity index (χ2v) is 16.8. The molecule has 2 heteroatoms. The van der Waals surface area contributed by atoms with Crippen molar-refractivity contribution in [2.24, 2.45) is 0 Å². The van der Waals surface area contributed by atoms with Gasteiger partial charge >= 0.3 is 0 Å². The van der Waals surface area contributed by atoms with Crippen LogP contribution in [0.25, 0.3) is 84.1 Å². The molecule has 1 heterocycles. The zero-order valence-electron chi connectivity index (χ0n) is 34.2. The third kappa shape index (κ3) is 6.44. The Balaban J connectivity index is 0.933. The van der Waals surface area contributed by atoms with Gasteiger partial charge in [-0.3, -0.25) is 0 Å². The number of allylic oxidation sites excluding steroid dienone is 5. The topological polar surface area (TPSA) is 25.8 Å². The van der Waals surface area contributed by atoms with Crippen LogP contribution >= 0.6 is 0 Å². The van der Waals surface area contributed by atoms with E-state index in [1.165, 1.54) is 77.5 Å². The van der Waals surface area contributed by atoms with Crippen LogP contribution in [-0.4, -0.2) is 9.97 Å². The first-order chi connectivity index (χ1) is 30.7. The molecule has 292 valence electrons. The van der Waals surface area contributed by atoms with Gasteiger partial charge in [0, 0.05) is 28.5 Å². The van der Waals surface area contributed by atoms with Crippen LogP contribution in [0.5, 0.6) is 0 Å². The number of hydrogen-bond acceptors (Lipinski definition) is 2. The maximum atomic E-state index is 5.24. The number of benzene rings is 8. The maximum Gasteiger partial charge on any atom is 0.160 e. The molecular weight excluding hydrogens is 749 g/mol. The van der Waals surface area contributed by atoms with Crippen LogP contribution < -0.4 is 0 Å². The fourth-order valence-corrected chi connectivity index (χ4v) is 9.97. The van der Waals surface area contributed by atoms with Gasteiger partial charge < -0.3 is 0 Å². The molecule has 0 saturated heterocycles. The number of rotatable bonds is 7. The minimum absolute atomic E-state index is 0.306. The Labute approximate surface area is 363 Å². The molecule has 0 spiro atoms. The zero-order valence-corrected chi connectivity index (χ0v) is 34.2. The summed E-state index contributed by atoms with van der Waals surface area (Å²) >= 11 is 0. The lowest BCUT2D eigenvalue weighted by molar-refractivity contribution is 0.828. The molecule has 0 fully saturated rings. The van der Waals surface area contributed by atoms with E-state index in [0.29, 0.717) is 17.7 Å². The SMILES string of the molecule is C1=CC(c2ccc(-c3nc(-c4ccc(-c5ccccc5)cc4)cc(-c4ccc(-c5cc6c(c7ccccc57)Cc5cccc(C7C=Cc8ccccc8C7)c5-6)cc4)n3)cc2)C=C1. The van der Waals surface area contributed by atoms with Crippen LogP contribution in [0.4, 0.5) is 0 Å². The normalized spacial score (nSPS) is 14.9. The van der Waals surface area contributed by atoms with Gasteiger partial charge in [-0.15, -0.1) is 0 Å². The van der Waals surface area contributed by atoms with Crippen molar-refractivity contribution in [1.82, 2.24) is 9.97 Å². The van der Waals surface area contributed by atoms with Crippen molar-refractivity contribution in [2.75, 3.05) is 0 Å². The molecular formula is C60H42N2. The largest absolute Gasteiger partial charge is 0.228 e. The van der Waals surface area contributed by atoms with Gasteiger partial charge in [0.15, 0.2) is 5.82 Å². The van der Waals surface area contributed by atoms with Crippen molar-refractivity contribution >= 4 is 16.8 Å². The van der Waals surface area contributed by atoms with E-state index in [4.69, 9.17) is 9.97 Å². The third-order valence-electron chi connectivity index (χ3n) is 13.2. The summed E-state index contributed by atoms with van der Waals surface area (Å²) in [6.07, 6.45) is 15.4. The van der Waals surface area contributed by atoms with Gasteiger partial charge in [0.1, 0.15) is 0 Å². The average molecular weight is 791 g/mol. The summed E-state index contributed by atoms with van der Waals surface area (Å²) in [4.78, 5) is 10.4. The van der Waals surface area contributed by atoms with E-state index < -0.39 is 0 Å². The summed E-state index contributed by atoms with van der Waals surface area (Å²) in [7, 11) is 0. The van der Waals surface area contributed by atoms with E-state index in [0.717, 1.165) is 40.9 Å². The number of aromatic nitrogens is 2. The van der Waals surface area contributed by atoms with E-state index in [2.05, 4.69) is 218 Å². The molecule has 9 aromatic rings. The van der Waals surface area contributed by atoms with E-state index in [-0.39, 0.29) is 0 Å². The third-order valence-corrected chi connectivity index (χ3v) is 13.2. The first kappa shape index (κ1) is 36.2. The van der Waals surface area contributed by atoms with Crippen LogP contribution in [0.3, 0.4) is 0 Å². The highest BCUT2D eigenvalue weighted by Gasteiger charge is 2.28. The van der Waals surface area contributed by atoms with Crippen LogP contribution in [0.1, 0.15) is 45.2 Å². The van der Waals surface area contributed by atoms with Crippen LogP contribution in [-0.2, 0) is 12.8 Å². The fourth-order valence-electron chi connectivity index (χ4n) is 9.97. The molecule has 0 N–H and O–H groups in total. The Morgan fingerprint density at radius 3 is 1.81 bits per heavy atom. The number of nitrogens with zero attached hydrogens (tertiary/aromatic N) is 2. The molecule has 3 aliphatic rings. The molecule has 0 radical (unpaired) electrons. The van der Waals surface area contributed by atoms with Crippen molar-refractivity contribution < 1.29 is 0 Å². The van der Waals surface area contributed by atoms with E-state index in [9.17, 15) is 0 Å². The Hall–Kier alpha value is -7.68. The molecule has 8 aromatic carbocycles. The second-order valence-electron chi connectivity index (χ2n) is 16.8. The summed E-state index contributed by atoms with van der Waals surface area (Å²) in [6.45, 7) is 0. The molecule has 1 aromatic heterocycles. The number of fused-ring (bicyclic) bond motifs is 6. The number of hydrogen-bond donors (Lipinski definition) is 0. The van der Waals surface area contributed by atoms with E-state index in [1.807, 2.05) is 0 Å².